The Hall–Kier alpha value is -3.44. The second-order valence-electron chi connectivity index (χ2n) is 8.76. The van der Waals surface area contributed by atoms with Crippen LogP contribution in [0.15, 0.2) is 94.7 Å². The molecule has 0 saturated heterocycles. The predicted molar refractivity (Wildman–Crippen MR) is 168 cm³/mol. The van der Waals surface area contributed by atoms with E-state index in [-0.39, 0.29) is 35.4 Å². The minimum Gasteiger partial charge on any atom is -0.465 e. The number of ether oxygens (including phenoxy) is 2. The second kappa shape index (κ2) is 14.2. The van der Waals surface area contributed by atoms with Crippen LogP contribution >= 0.6 is 35.1 Å². The smallest absolute Gasteiger partial charge is 0.326 e. The number of esters is 2. The molecule has 0 aliphatic rings. The summed E-state index contributed by atoms with van der Waals surface area (Å²) in [7, 11) is -4.31. The van der Waals surface area contributed by atoms with Crippen molar-refractivity contribution in [3.8, 4) is 0 Å². The molecule has 0 radical (unpaired) electrons. The monoisotopic (exact) mass is 646 g/mol. The van der Waals surface area contributed by atoms with Crippen molar-refractivity contribution in [2.24, 2.45) is 0 Å². The lowest BCUT2D eigenvalue weighted by atomic mass is 10.1. The van der Waals surface area contributed by atoms with Crippen molar-refractivity contribution in [1.29, 1.82) is 0 Å². The van der Waals surface area contributed by atoms with Crippen LogP contribution in [0.2, 0.25) is 10.0 Å². The van der Waals surface area contributed by atoms with Gasteiger partial charge in [-0.15, -0.1) is 0 Å². The van der Waals surface area contributed by atoms with Gasteiger partial charge in [0.15, 0.2) is 0 Å². The van der Waals surface area contributed by atoms with Crippen LogP contribution < -0.4 is 8.61 Å². The van der Waals surface area contributed by atoms with Crippen molar-refractivity contribution in [1.82, 2.24) is 0 Å². The fraction of sp³-hybridized carbons (Fsp3) is 0.200. The van der Waals surface area contributed by atoms with Gasteiger partial charge in [0.25, 0.3) is 10.0 Å². The third-order valence-corrected chi connectivity index (χ3v) is 9.82. The maximum absolute atomic E-state index is 14.0. The van der Waals surface area contributed by atoms with Gasteiger partial charge in [0.2, 0.25) is 0 Å². The Bertz CT molecular complexity index is 1700. The largest absolute Gasteiger partial charge is 0.465 e. The Balaban J connectivity index is 1.89. The number of fused-ring (bicyclic) bond motifs is 1. The highest BCUT2D eigenvalue weighted by Gasteiger charge is 2.31. The Morgan fingerprint density at radius 2 is 1.24 bits per heavy atom. The third kappa shape index (κ3) is 7.12. The van der Waals surface area contributed by atoms with Gasteiger partial charge < -0.3 is 13.8 Å². The number of sulfonamides is 1. The SMILES string of the molecule is CCOC(=O)CN(Sc1ccccc1Cl)c1ccc(N(CC(=O)OCC)S(=O)(=O)c2ccccc2Cl)c2ccccc12. The average molecular weight is 648 g/mol. The summed E-state index contributed by atoms with van der Waals surface area (Å²) in [5.41, 5.74) is 0.847. The van der Waals surface area contributed by atoms with Gasteiger partial charge in [0, 0.05) is 15.7 Å². The van der Waals surface area contributed by atoms with E-state index in [9.17, 15) is 18.0 Å². The van der Waals surface area contributed by atoms with Gasteiger partial charge in [-0.05, 0) is 62.2 Å². The molecule has 0 N–H and O–H groups in total. The van der Waals surface area contributed by atoms with Gasteiger partial charge in [0.1, 0.15) is 18.0 Å². The van der Waals surface area contributed by atoms with Crippen LogP contribution in [0.25, 0.3) is 10.8 Å². The summed E-state index contributed by atoms with van der Waals surface area (Å²) in [4.78, 5) is 25.9. The first-order chi connectivity index (χ1) is 20.2. The molecule has 0 amide bonds. The van der Waals surface area contributed by atoms with Crippen LogP contribution in [0, 0.1) is 0 Å². The lowest BCUT2D eigenvalue weighted by molar-refractivity contribution is -0.142. The van der Waals surface area contributed by atoms with Crippen molar-refractivity contribution in [3.05, 3.63) is 95.0 Å². The molecule has 12 heteroatoms. The number of hydrogen-bond donors (Lipinski definition) is 0. The van der Waals surface area contributed by atoms with E-state index in [0.29, 0.717) is 26.4 Å². The van der Waals surface area contributed by atoms with Gasteiger partial charge in [-0.25, -0.2) is 8.42 Å². The van der Waals surface area contributed by atoms with Gasteiger partial charge in [-0.1, -0.05) is 71.7 Å². The molecular weight excluding hydrogens is 619 g/mol. The quantitative estimate of drug-likeness (QED) is 0.120. The van der Waals surface area contributed by atoms with E-state index in [1.807, 2.05) is 24.3 Å². The Morgan fingerprint density at radius 1 is 0.714 bits per heavy atom. The van der Waals surface area contributed by atoms with E-state index in [1.165, 1.54) is 24.1 Å². The van der Waals surface area contributed by atoms with E-state index < -0.39 is 28.5 Å². The lowest BCUT2D eigenvalue weighted by Crippen LogP contribution is -2.37. The first-order valence-corrected chi connectivity index (χ1v) is 15.9. The Kier molecular flexibility index (Phi) is 10.6. The molecule has 0 aliphatic heterocycles. The van der Waals surface area contributed by atoms with Crippen LogP contribution in [0.5, 0.6) is 0 Å². The molecule has 4 aromatic carbocycles. The number of hydrogen-bond acceptors (Lipinski definition) is 8. The standard InChI is InChI=1S/C30H28Cl2N2O6S2/c1-3-39-29(35)19-33(41-27-15-9-7-13-23(27)31)25-17-18-26(22-12-6-5-11-21(22)25)34(20-30(36)40-4-2)42(37,38)28-16-10-8-14-24(28)32/h5-18H,3-4,19-20H2,1-2H3. The zero-order chi connectivity index (χ0) is 30.3. The Morgan fingerprint density at radius 3 is 1.86 bits per heavy atom. The van der Waals surface area contributed by atoms with E-state index >= 15 is 0 Å². The fourth-order valence-electron chi connectivity index (χ4n) is 4.23. The fourth-order valence-corrected chi connectivity index (χ4v) is 7.35. The minimum absolute atomic E-state index is 0.0176. The van der Waals surface area contributed by atoms with Crippen molar-refractivity contribution >= 4 is 79.3 Å². The summed E-state index contributed by atoms with van der Waals surface area (Å²) >= 11 is 14.0. The molecule has 0 unspecified atom stereocenters. The number of carbonyl (C=O) groups is 2. The third-order valence-electron chi connectivity index (χ3n) is 6.02. The summed E-state index contributed by atoms with van der Waals surface area (Å²) in [5, 5.41) is 1.67. The molecule has 42 heavy (non-hydrogen) atoms. The molecule has 0 fully saturated rings. The number of nitrogens with zero attached hydrogens (tertiary/aromatic N) is 2. The zero-order valence-electron chi connectivity index (χ0n) is 22.8. The first-order valence-electron chi connectivity index (χ1n) is 13.0. The zero-order valence-corrected chi connectivity index (χ0v) is 26.0. The summed E-state index contributed by atoms with van der Waals surface area (Å²) in [6.45, 7) is 2.98. The predicted octanol–water partition coefficient (Wildman–Crippen LogP) is 6.98. The van der Waals surface area contributed by atoms with Crippen LogP contribution in [0.3, 0.4) is 0 Å². The molecule has 4 rings (SSSR count). The molecule has 4 aromatic rings. The van der Waals surface area contributed by atoms with Crippen LogP contribution in [0.4, 0.5) is 11.4 Å². The topological polar surface area (TPSA) is 93.2 Å². The van der Waals surface area contributed by atoms with Crippen molar-refractivity contribution in [2.45, 2.75) is 23.6 Å². The van der Waals surface area contributed by atoms with Crippen molar-refractivity contribution in [3.63, 3.8) is 0 Å². The van der Waals surface area contributed by atoms with Gasteiger partial charge in [-0.3, -0.25) is 13.9 Å². The number of anilines is 2. The number of benzene rings is 4. The number of carbonyl (C=O) groups excluding carboxylic acids is 2. The molecule has 0 aliphatic carbocycles. The van der Waals surface area contributed by atoms with Crippen LogP contribution in [-0.4, -0.2) is 46.7 Å². The molecule has 0 bridgehead atoms. The summed E-state index contributed by atoms with van der Waals surface area (Å²) in [6, 6.07) is 23.7. The highest BCUT2D eigenvalue weighted by atomic mass is 35.5. The second-order valence-corrected chi connectivity index (χ2v) is 12.5. The Labute approximate surface area is 259 Å². The maximum atomic E-state index is 14.0. The summed E-state index contributed by atoms with van der Waals surface area (Å²) < 4.78 is 41.1. The number of rotatable bonds is 12. The molecule has 0 saturated carbocycles. The van der Waals surface area contributed by atoms with Gasteiger partial charge in [0.05, 0.1) is 34.6 Å². The first kappa shape index (κ1) is 31.5. The van der Waals surface area contributed by atoms with E-state index in [1.54, 1.807) is 66.7 Å². The van der Waals surface area contributed by atoms with E-state index in [0.717, 1.165) is 4.31 Å². The van der Waals surface area contributed by atoms with E-state index in [4.69, 9.17) is 32.7 Å². The highest BCUT2D eigenvalue weighted by Crippen LogP contribution is 2.41. The van der Waals surface area contributed by atoms with Crippen LogP contribution in [0.1, 0.15) is 13.8 Å². The normalized spacial score (nSPS) is 11.2. The molecule has 0 heterocycles. The van der Waals surface area contributed by atoms with Crippen molar-refractivity contribution < 1.29 is 27.5 Å². The average Bonchev–Trinajstić information content (AvgIpc) is 2.96. The molecule has 0 aromatic heterocycles. The summed E-state index contributed by atoms with van der Waals surface area (Å²) in [5.74, 6) is -1.17. The van der Waals surface area contributed by atoms with Crippen LogP contribution in [-0.2, 0) is 29.1 Å². The lowest BCUT2D eigenvalue weighted by Gasteiger charge is -2.28. The van der Waals surface area contributed by atoms with Crippen molar-refractivity contribution in [2.75, 3.05) is 34.9 Å². The van der Waals surface area contributed by atoms with E-state index in [2.05, 4.69) is 0 Å². The molecular formula is C30H28Cl2N2O6S2. The highest BCUT2D eigenvalue weighted by molar-refractivity contribution is 8.00. The molecule has 0 spiro atoms. The maximum Gasteiger partial charge on any atom is 0.326 e. The minimum atomic E-state index is -4.31. The van der Waals surface area contributed by atoms with Gasteiger partial charge in [-0.2, -0.15) is 0 Å². The molecule has 0 atom stereocenters. The molecule has 220 valence electrons. The molecule has 8 nitrogen and oxygen atoms in total. The summed E-state index contributed by atoms with van der Waals surface area (Å²) in [6.07, 6.45) is 0. The van der Waals surface area contributed by atoms with Gasteiger partial charge >= 0.3 is 11.9 Å². The number of halogens is 2.